The summed E-state index contributed by atoms with van der Waals surface area (Å²) in [4.78, 5) is 40.1. The Bertz CT molecular complexity index is 1570. The summed E-state index contributed by atoms with van der Waals surface area (Å²) < 4.78 is 87.8. The molecule has 44 heavy (non-hydrogen) atoms. The number of hydrogen-bond donors (Lipinski definition) is 3. The SMILES string of the molecule is C=CC(C)NC(=O)c1c(OCc2ccccc2)c(=O)c(C(=O)NCc2c(F)cc(F)cc2F)cn1NC(C=C)CC(F)(F)F. The first-order valence-electron chi connectivity index (χ1n) is 13.0. The Labute approximate surface area is 248 Å². The van der Waals surface area contributed by atoms with E-state index in [2.05, 4.69) is 29.2 Å². The Morgan fingerprint density at radius 1 is 1.02 bits per heavy atom. The van der Waals surface area contributed by atoms with Crippen LogP contribution in [0.15, 0.2) is 78.8 Å². The second kappa shape index (κ2) is 14.4. The fourth-order valence-corrected chi connectivity index (χ4v) is 3.88. The highest BCUT2D eigenvalue weighted by atomic mass is 19.4. The summed E-state index contributed by atoms with van der Waals surface area (Å²) in [7, 11) is 0. The minimum atomic E-state index is -4.68. The summed E-state index contributed by atoms with van der Waals surface area (Å²) in [6, 6.07) is 6.89. The van der Waals surface area contributed by atoms with Crippen molar-refractivity contribution >= 4 is 11.8 Å². The Morgan fingerprint density at radius 3 is 2.23 bits per heavy atom. The van der Waals surface area contributed by atoms with Gasteiger partial charge in [0.25, 0.3) is 11.8 Å². The van der Waals surface area contributed by atoms with Crippen molar-refractivity contribution in [2.45, 2.75) is 44.8 Å². The van der Waals surface area contributed by atoms with E-state index in [1.165, 1.54) is 13.0 Å². The molecule has 0 saturated carbocycles. The van der Waals surface area contributed by atoms with Crippen LogP contribution < -0.4 is 26.2 Å². The summed E-state index contributed by atoms with van der Waals surface area (Å²) in [5.41, 5.74) is -0.258. The van der Waals surface area contributed by atoms with Gasteiger partial charge in [0.05, 0.1) is 12.5 Å². The first kappa shape index (κ1) is 33.5. The molecule has 1 aromatic heterocycles. The quantitative estimate of drug-likeness (QED) is 0.181. The third-order valence-electron chi connectivity index (χ3n) is 6.14. The van der Waals surface area contributed by atoms with Crippen molar-refractivity contribution in [3.05, 3.63) is 124 Å². The zero-order valence-corrected chi connectivity index (χ0v) is 23.3. The molecular weight excluding hydrogens is 594 g/mol. The fourth-order valence-electron chi connectivity index (χ4n) is 3.88. The summed E-state index contributed by atoms with van der Waals surface area (Å²) >= 11 is 0. The molecule has 0 spiro atoms. The lowest BCUT2D eigenvalue weighted by Gasteiger charge is -2.25. The minimum absolute atomic E-state index is 0.294. The second-order valence-corrected chi connectivity index (χ2v) is 9.51. The molecule has 3 rings (SSSR count). The van der Waals surface area contributed by atoms with Crippen LogP contribution in [0.3, 0.4) is 0 Å². The van der Waals surface area contributed by atoms with Gasteiger partial charge < -0.3 is 20.8 Å². The molecule has 234 valence electrons. The molecule has 2 aromatic carbocycles. The molecule has 2 unspecified atom stereocenters. The number of pyridine rings is 1. The number of halogens is 6. The average Bonchev–Trinajstić information content (AvgIpc) is 2.95. The minimum Gasteiger partial charge on any atom is -0.482 e. The van der Waals surface area contributed by atoms with Gasteiger partial charge >= 0.3 is 6.18 Å². The van der Waals surface area contributed by atoms with E-state index in [-0.39, 0.29) is 6.61 Å². The number of carbonyl (C=O) groups is 2. The molecule has 14 heteroatoms. The second-order valence-electron chi connectivity index (χ2n) is 9.51. The summed E-state index contributed by atoms with van der Waals surface area (Å²) in [5.74, 6) is -6.72. The number of ether oxygens (including phenoxy) is 1. The van der Waals surface area contributed by atoms with Crippen molar-refractivity contribution in [2.75, 3.05) is 5.43 Å². The van der Waals surface area contributed by atoms with E-state index in [0.717, 1.165) is 16.9 Å². The first-order chi connectivity index (χ1) is 20.7. The molecule has 0 radical (unpaired) electrons. The Morgan fingerprint density at radius 2 is 1.66 bits per heavy atom. The van der Waals surface area contributed by atoms with Crippen LogP contribution in [-0.4, -0.2) is 34.8 Å². The molecule has 8 nitrogen and oxygen atoms in total. The topological polar surface area (TPSA) is 101 Å². The number of aromatic nitrogens is 1. The van der Waals surface area contributed by atoms with Crippen LogP contribution in [0.4, 0.5) is 26.3 Å². The molecule has 2 atom stereocenters. The third kappa shape index (κ3) is 8.75. The third-order valence-corrected chi connectivity index (χ3v) is 6.14. The van der Waals surface area contributed by atoms with Crippen LogP contribution in [0.1, 0.15) is 45.3 Å². The van der Waals surface area contributed by atoms with Crippen LogP contribution in [0.25, 0.3) is 0 Å². The highest BCUT2D eigenvalue weighted by Gasteiger charge is 2.33. The van der Waals surface area contributed by atoms with Crippen molar-refractivity contribution < 1.29 is 40.7 Å². The Balaban J connectivity index is 2.15. The van der Waals surface area contributed by atoms with Crippen molar-refractivity contribution in [3.8, 4) is 5.75 Å². The maximum atomic E-state index is 14.1. The zero-order chi connectivity index (χ0) is 32.6. The van der Waals surface area contributed by atoms with Gasteiger partial charge in [0, 0.05) is 36.5 Å². The summed E-state index contributed by atoms with van der Waals surface area (Å²) in [6.07, 6.45) is -3.11. The first-order valence-corrected chi connectivity index (χ1v) is 13.0. The number of carbonyl (C=O) groups excluding carboxylic acids is 2. The molecule has 0 bridgehead atoms. The number of hydrogen-bond acceptors (Lipinski definition) is 5. The van der Waals surface area contributed by atoms with Crippen LogP contribution in [0.2, 0.25) is 0 Å². The fraction of sp³-hybridized carbons (Fsp3) is 0.233. The van der Waals surface area contributed by atoms with Gasteiger partial charge in [-0.3, -0.25) is 19.1 Å². The molecule has 0 aliphatic heterocycles. The average molecular weight is 623 g/mol. The molecular formula is C30H28F6N4O4. The molecule has 1 heterocycles. The molecule has 0 saturated heterocycles. The Kier molecular flexibility index (Phi) is 11.0. The highest BCUT2D eigenvalue weighted by molar-refractivity contribution is 5.99. The Hall–Kier alpha value is -5.01. The zero-order valence-electron chi connectivity index (χ0n) is 23.3. The summed E-state index contributed by atoms with van der Waals surface area (Å²) in [6.45, 7) is 7.35. The van der Waals surface area contributed by atoms with Crippen LogP contribution in [0, 0.1) is 17.5 Å². The van der Waals surface area contributed by atoms with Crippen molar-refractivity contribution in [2.24, 2.45) is 0 Å². The highest BCUT2D eigenvalue weighted by Crippen LogP contribution is 2.24. The van der Waals surface area contributed by atoms with Gasteiger partial charge in [-0.1, -0.05) is 42.5 Å². The lowest BCUT2D eigenvalue weighted by Crippen LogP contribution is -2.41. The van der Waals surface area contributed by atoms with Gasteiger partial charge in [-0.2, -0.15) is 13.2 Å². The van der Waals surface area contributed by atoms with Gasteiger partial charge in [0.15, 0.2) is 11.4 Å². The molecule has 3 aromatic rings. The van der Waals surface area contributed by atoms with Crippen LogP contribution >= 0.6 is 0 Å². The molecule has 0 aliphatic carbocycles. The largest absolute Gasteiger partial charge is 0.482 e. The van der Waals surface area contributed by atoms with Crippen LogP contribution in [-0.2, 0) is 13.2 Å². The van der Waals surface area contributed by atoms with Gasteiger partial charge in [0.2, 0.25) is 5.43 Å². The standard InChI is InChI=1S/C30H28F6N4O4/c1-4-17(3)38-29(43)25-27(44-16-18-9-7-6-8-10-18)26(41)22(15-40(25)39-20(5-2)13-30(34,35)36)28(42)37-14-21-23(32)11-19(31)12-24(21)33/h4-12,15,17,20,39H,1-2,13-14,16H2,3H3,(H,37,42)(H,38,43). The number of nitrogens with one attached hydrogen (secondary N) is 3. The van der Waals surface area contributed by atoms with Crippen molar-refractivity contribution in [3.63, 3.8) is 0 Å². The van der Waals surface area contributed by atoms with Crippen LogP contribution in [0.5, 0.6) is 5.75 Å². The van der Waals surface area contributed by atoms with Gasteiger partial charge in [-0.25, -0.2) is 13.2 Å². The van der Waals surface area contributed by atoms with Crippen molar-refractivity contribution in [1.29, 1.82) is 0 Å². The maximum absolute atomic E-state index is 14.1. The number of rotatable bonds is 13. The number of alkyl halides is 3. The normalized spacial score (nSPS) is 12.5. The van der Waals surface area contributed by atoms with E-state index in [1.807, 2.05) is 0 Å². The van der Waals surface area contributed by atoms with E-state index in [9.17, 15) is 40.7 Å². The van der Waals surface area contributed by atoms with Crippen molar-refractivity contribution in [1.82, 2.24) is 15.3 Å². The molecule has 0 aliphatic rings. The van der Waals surface area contributed by atoms with Gasteiger partial charge in [-0.15, -0.1) is 13.2 Å². The monoisotopic (exact) mass is 622 g/mol. The number of amides is 2. The van der Waals surface area contributed by atoms with E-state index >= 15 is 0 Å². The maximum Gasteiger partial charge on any atom is 0.391 e. The summed E-state index contributed by atoms with van der Waals surface area (Å²) in [5, 5.41) is 4.63. The molecule has 0 fully saturated rings. The smallest absolute Gasteiger partial charge is 0.391 e. The number of benzene rings is 2. The number of nitrogens with zero attached hydrogens (tertiary/aromatic N) is 1. The van der Waals surface area contributed by atoms with Gasteiger partial charge in [-0.05, 0) is 12.5 Å². The van der Waals surface area contributed by atoms with E-state index in [1.54, 1.807) is 30.3 Å². The van der Waals surface area contributed by atoms with E-state index in [0.29, 0.717) is 17.7 Å². The van der Waals surface area contributed by atoms with E-state index < -0.39 is 88.5 Å². The lowest BCUT2D eigenvalue weighted by molar-refractivity contribution is -0.135. The van der Waals surface area contributed by atoms with E-state index in [4.69, 9.17) is 4.74 Å². The predicted molar refractivity (Wildman–Crippen MR) is 150 cm³/mol. The predicted octanol–water partition coefficient (Wildman–Crippen LogP) is 5.13. The van der Waals surface area contributed by atoms with Gasteiger partial charge in [0.1, 0.15) is 29.6 Å². The molecule has 2 amide bonds. The molecule has 3 N–H and O–H groups in total. The lowest BCUT2D eigenvalue weighted by atomic mass is 10.1.